The second kappa shape index (κ2) is 1.92. The van der Waals surface area contributed by atoms with Crippen molar-refractivity contribution in [1.82, 2.24) is 0 Å². The number of ether oxygens (including phenoxy) is 3. The lowest BCUT2D eigenvalue weighted by atomic mass is 10.2. The molecule has 0 atom stereocenters. The van der Waals surface area contributed by atoms with Gasteiger partial charge in [0.15, 0.2) is 0 Å². The molecule has 3 heterocycles. The van der Waals surface area contributed by atoms with Crippen LogP contribution in [0.3, 0.4) is 0 Å². The van der Waals surface area contributed by atoms with Crippen LogP contribution in [-0.2, 0) is 14.2 Å². The minimum absolute atomic E-state index is 0.435. The zero-order chi connectivity index (χ0) is 6.32. The van der Waals surface area contributed by atoms with Gasteiger partial charge in [0.1, 0.15) is 0 Å². The lowest BCUT2D eigenvalue weighted by Gasteiger charge is -2.41. The minimum atomic E-state index is -0.901. The number of rotatable bonds is 0. The van der Waals surface area contributed by atoms with E-state index < -0.39 is 4.88 Å². The average molecular weight is 195 g/mol. The Kier molecular flexibility index (Phi) is 1.30. The van der Waals surface area contributed by atoms with Crippen molar-refractivity contribution in [2.24, 2.45) is 5.92 Å². The summed E-state index contributed by atoms with van der Waals surface area (Å²) in [7, 11) is 0. The van der Waals surface area contributed by atoms with Crippen LogP contribution in [0.1, 0.15) is 0 Å². The van der Waals surface area contributed by atoms with Crippen molar-refractivity contribution >= 4 is 15.9 Å². The van der Waals surface area contributed by atoms with Crippen LogP contribution in [0.2, 0.25) is 0 Å². The van der Waals surface area contributed by atoms with E-state index in [2.05, 4.69) is 15.9 Å². The summed E-state index contributed by atoms with van der Waals surface area (Å²) in [4.78, 5) is -0.901. The Balaban J connectivity index is 2.11. The quantitative estimate of drug-likeness (QED) is 0.532. The molecule has 0 unspecified atom stereocenters. The molecule has 3 fully saturated rings. The summed E-state index contributed by atoms with van der Waals surface area (Å²) in [5, 5.41) is 0. The predicted molar refractivity (Wildman–Crippen MR) is 33.0 cm³/mol. The van der Waals surface area contributed by atoms with Gasteiger partial charge in [0.2, 0.25) is 0 Å². The summed E-state index contributed by atoms with van der Waals surface area (Å²) < 4.78 is 15.4. The van der Waals surface area contributed by atoms with Gasteiger partial charge in [-0.1, -0.05) is 0 Å². The van der Waals surface area contributed by atoms with Crippen molar-refractivity contribution in [3.8, 4) is 0 Å². The molecule has 0 aromatic rings. The summed E-state index contributed by atoms with van der Waals surface area (Å²) in [5.74, 6) is 0.435. The molecule has 3 nitrogen and oxygen atoms in total. The van der Waals surface area contributed by atoms with Gasteiger partial charge >= 0.3 is 4.88 Å². The van der Waals surface area contributed by atoms with Crippen molar-refractivity contribution in [2.45, 2.75) is 4.88 Å². The second-order valence-corrected chi connectivity index (χ2v) is 3.25. The van der Waals surface area contributed by atoms with Crippen LogP contribution in [0.15, 0.2) is 0 Å². The van der Waals surface area contributed by atoms with E-state index in [4.69, 9.17) is 14.2 Å². The number of hydrogen-bond acceptors (Lipinski definition) is 3. The fraction of sp³-hybridized carbons (Fsp3) is 1.00. The third-order valence-electron chi connectivity index (χ3n) is 1.47. The number of halogens is 1. The topological polar surface area (TPSA) is 27.7 Å². The normalized spacial score (nSPS) is 49.7. The van der Waals surface area contributed by atoms with Crippen LogP contribution in [0, 0.1) is 5.92 Å². The highest BCUT2D eigenvalue weighted by Gasteiger charge is 2.42. The first kappa shape index (κ1) is 6.09. The molecule has 0 aromatic carbocycles. The molecule has 0 aliphatic carbocycles. The molecule has 0 radical (unpaired) electrons. The first-order valence-corrected chi connectivity index (χ1v) is 3.69. The van der Waals surface area contributed by atoms with Crippen molar-refractivity contribution in [2.75, 3.05) is 19.8 Å². The van der Waals surface area contributed by atoms with E-state index >= 15 is 0 Å². The number of alkyl halides is 1. The third kappa shape index (κ3) is 1.00. The highest BCUT2D eigenvalue weighted by molar-refractivity contribution is 9.09. The summed E-state index contributed by atoms with van der Waals surface area (Å²) in [5.41, 5.74) is 0. The van der Waals surface area contributed by atoms with E-state index in [1.165, 1.54) is 0 Å². The fourth-order valence-corrected chi connectivity index (χ4v) is 1.32. The molecule has 3 aliphatic heterocycles. The molecule has 0 N–H and O–H groups in total. The molecule has 52 valence electrons. The minimum Gasteiger partial charge on any atom is -0.318 e. The van der Waals surface area contributed by atoms with Crippen molar-refractivity contribution in [3.05, 3.63) is 0 Å². The molecule has 2 bridgehead atoms. The molecule has 3 saturated heterocycles. The zero-order valence-corrected chi connectivity index (χ0v) is 6.39. The van der Waals surface area contributed by atoms with Gasteiger partial charge in [-0.15, -0.1) is 0 Å². The summed E-state index contributed by atoms with van der Waals surface area (Å²) >= 11 is 3.17. The fourth-order valence-electron chi connectivity index (χ4n) is 0.922. The predicted octanol–water partition coefficient (Wildman–Crippen LogP) is 0.686. The van der Waals surface area contributed by atoms with E-state index in [-0.39, 0.29) is 0 Å². The Hall–Kier alpha value is 0.360. The second-order valence-electron chi connectivity index (χ2n) is 2.28. The summed E-state index contributed by atoms with van der Waals surface area (Å²) in [6.07, 6.45) is 0. The lowest BCUT2D eigenvalue weighted by Crippen LogP contribution is -2.49. The summed E-state index contributed by atoms with van der Waals surface area (Å²) in [6, 6.07) is 0. The Morgan fingerprint density at radius 2 is 1.56 bits per heavy atom. The van der Waals surface area contributed by atoms with E-state index in [0.29, 0.717) is 5.92 Å². The van der Waals surface area contributed by atoms with Crippen molar-refractivity contribution in [3.63, 3.8) is 0 Å². The van der Waals surface area contributed by atoms with Crippen LogP contribution in [0.5, 0.6) is 0 Å². The Labute approximate surface area is 61.4 Å². The van der Waals surface area contributed by atoms with Gasteiger partial charge in [0.05, 0.1) is 19.8 Å². The molecular formula is C5H7BrO3. The van der Waals surface area contributed by atoms with E-state index in [1.54, 1.807) is 0 Å². The average Bonchev–Trinajstić information content (AvgIpc) is 1.90. The molecule has 3 rings (SSSR count). The summed E-state index contributed by atoms with van der Waals surface area (Å²) in [6.45, 7) is 2.22. The van der Waals surface area contributed by atoms with E-state index in [0.717, 1.165) is 19.8 Å². The maximum absolute atomic E-state index is 5.14. The van der Waals surface area contributed by atoms with E-state index in [1.807, 2.05) is 0 Å². The molecule has 3 aliphatic rings. The van der Waals surface area contributed by atoms with Crippen LogP contribution in [0.4, 0.5) is 0 Å². The zero-order valence-electron chi connectivity index (χ0n) is 4.80. The standard InChI is InChI=1S/C5H7BrO3/c6-5-7-1-4(2-8-5)3-9-5/h4H,1-3H2. The van der Waals surface area contributed by atoms with Crippen LogP contribution >= 0.6 is 15.9 Å². The SMILES string of the molecule is BrC12OCC(CO1)CO2. The first-order valence-electron chi connectivity index (χ1n) is 2.89. The van der Waals surface area contributed by atoms with Gasteiger partial charge in [0, 0.05) is 21.8 Å². The number of fused-ring (bicyclic) bond motifs is 3. The largest absolute Gasteiger partial charge is 0.344 e. The van der Waals surface area contributed by atoms with Crippen molar-refractivity contribution in [1.29, 1.82) is 0 Å². The van der Waals surface area contributed by atoms with Crippen LogP contribution < -0.4 is 0 Å². The Morgan fingerprint density at radius 1 is 1.11 bits per heavy atom. The van der Waals surface area contributed by atoms with Crippen LogP contribution in [0.25, 0.3) is 0 Å². The molecule has 9 heavy (non-hydrogen) atoms. The van der Waals surface area contributed by atoms with Crippen LogP contribution in [-0.4, -0.2) is 24.7 Å². The van der Waals surface area contributed by atoms with Gasteiger partial charge in [-0.05, 0) is 0 Å². The van der Waals surface area contributed by atoms with Gasteiger partial charge in [-0.25, -0.2) is 0 Å². The third-order valence-corrected chi connectivity index (χ3v) is 2.16. The Bertz CT molecular complexity index is 106. The van der Waals surface area contributed by atoms with Crippen molar-refractivity contribution < 1.29 is 14.2 Å². The smallest absolute Gasteiger partial charge is 0.318 e. The van der Waals surface area contributed by atoms with Gasteiger partial charge < -0.3 is 14.2 Å². The first-order chi connectivity index (χ1) is 4.29. The number of hydrogen-bond donors (Lipinski definition) is 0. The molecule has 0 amide bonds. The maximum Gasteiger partial charge on any atom is 0.344 e. The van der Waals surface area contributed by atoms with Gasteiger partial charge in [-0.2, -0.15) is 0 Å². The highest BCUT2D eigenvalue weighted by atomic mass is 79.9. The van der Waals surface area contributed by atoms with E-state index in [9.17, 15) is 0 Å². The van der Waals surface area contributed by atoms with Gasteiger partial charge in [-0.3, -0.25) is 0 Å². The monoisotopic (exact) mass is 194 g/mol. The van der Waals surface area contributed by atoms with Gasteiger partial charge in [0.25, 0.3) is 0 Å². The molecule has 0 aromatic heterocycles. The molecular weight excluding hydrogens is 188 g/mol. The molecule has 4 heteroatoms. The Morgan fingerprint density at radius 3 is 1.78 bits per heavy atom. The highest BCUT2D eigenvalue weighted by Crippen LogP contribution is 2.34. The molecule has 0 spiro atoms. The molecule has 0 saturated carbocycles. The lowest BCUT2D eigenvalue weighted by molar-refractivity contribution is -0.389. The maximum atomic E-state index is 5.14.